The lowest BCUT2D eigenvalue weighted by Crippen LogP contribution is -2.48. The van der Waals surface area contributed by atoms with Gasteiger partial charge in [-0.05, 0) is 68.2 Å². The number of hydrogen-bond donors (Lipinski definition) is 1. The molecule has 4 heterocycles. The van der Waals surface area contributed by atoms with Gasteiger partial charge in [0.05, 0.1) is 31.7 Å². The molecule has 47 heavy (non-hydrogen) atoms. The molecule has 2 aliphatic rings. The Kier molecular flexibility index (Phi) is 9.19. The van der Waals surface area contributed by atoms with Gasteiger partial charge in [0.1, 0.15) is 11.5 Å². The summed E-state index contributed by atoms with van der Waals surface area (Å²) < 4.78 is 12.3. The molecule has 1 aliphatic heterocycles. The number of nitrogens with zero attached hydrogens (tertiary/aromatic N) is 6. The largest absolute Gasteiger partial charge is 0.493 e. The minimum Gasteiger partial charge on any atom is -0.493 e. The zero-order chi connectivity index (χ0) is 33.1. The molecule has 1 aromatic carbocycles. The van der Waals surface area contributed by atoms with E-state index in [0.717, 1.165) is 36.9 Å². The molecule has 3 aromatic heterocycles. The zero-order valence-electron chi connectivity index (χ0n) is 27.2. The number of methoxy groups -OCH3 is 2. The van der Waals surface area contributed by atoms with E-state index in [2.05, 4.69) is 20.2 Å². The second-order valence-electron chi connectivity index (χ2n) is 11.9. The monoisotopic (exact) mass is 637 g/mol. The molecule has 0 radical (unpaired) electrons. The molecule has 0 atom stereocenters. The van der Waals surface area contributed by atoms with Crippen molar-refractivity contribution in [1.82, 2.24) is 24.4 Å². The van der Waals surface area contributed by atoms with Crippen LogP contribution >= 0.6 is 0 Å². The van der Waals surface area contributed by atoms with Gasteiger partial charge < -0.3 is 24.6 Å². The molecular weight excluding hydrogens is 598 g/mol. The van der Waals surface area contributed by atoms with Gasteiger partial charge in [-0.1, -0.05) is 18.9 Å². The first-order chi connectivity index (χ1) is 22.8. The number of carbonyl (C=O) groups is 2. The van der Waals surface area contributed by atoms with Gasteiger partial charge in [-0.25, -0.2) is 9.97 Å². The van der Waals surface area contributed by atoms with Crippen molar-refractivity contribution < 1.29 is 19.1 Å². The number of amides is 1. The number of piperazine rings is 1. The second-order valence-corrected chi connectivity index (χ2v) is 11.9. The highest BCUT2D eigenvalue weighted by Gasteiger charge is 2.26. The van der Waals surface area contributed by atoms with E-state index >= 15 is 0 Å². The SMILES string of the molecule is COc1ccc(/C=C/C(=O)N2CCN(c3ccc(Nc4ncc5c(C)c(C(C)=O)c(=O)n(C6CCCC6)c5n4)nc3)CC2)cc1OC. The Hall–Kier alpha value is -5.26. The molecule has 1 saturated heterocycles. The summed E-state index contributed by atoms with van der Waals surface area (Å²) in [6.45, 7) is 5.75. The Morgan fingerprint density at radius 2 is 1.70 bits per heavy atom. The molecule has 12 nitrogen and oxygen atoms in total. The number of benzene rings is 1. The average molecular weight is 638 g/mol. The smallest absolute Gasteiger partial charge is 0.263 e. The van der Waals surface area contributed by atoms with Crippen molar-refractivity contribution in [3.8, 4) is 11.5 Å². The number of rotatable bonds is 9. The first-order valence-electron chi connectivity index (χ1n) is 15.9. The van der Waals surface area contributed by atoms with Gasteiger partial charge in [0.15, 0.2) is 17.3 Å². The second kappa shape index (κ2) is 13.6. The number of fused-ring (bicyclic) bond motifs is 1. The molecule has 244 valence electrons. The molecular formula is C35H39N7O5. The molecule has 1 aliphatic carbocycles. The van der Waals surface area contributed by atoms with E-state index in [-0.39, 0.29) is 28.9 Å². The third-order valence-electron chi connectivity index (χ3n) is 9.02. The van der Waals surface area contributed by atoms with Crippen molar-refractivity contribution in [2.75, 3.05) is 50.6 Å². The first-order valence-corrected chi connectivity index (χ1v) is 15.9. The Morgan fingerprint density at radius 1 is 0.957 bits per heavy atom. The first kappa shape index (κ1) is 31.7. The van der Waals surface area contributed by atoms with Gasteiger partial charge in [-0.2, -0.15) is 4.98 Å². The van der Waals surface area contributed by atoms with Gasteiger partial charge in [-0.3, -0.25) is 19.0 Å². The van der Waals surface area contributed by atoms with E-state index in [1.165, 1.54) is 6.92 Å². The lowest BCUT2D eigenvalue weighted by Gasteiger charge is -2.35. The topological polar surface area (TPSA) is 132 Å². The van der Waals surface area contributed by atoms with E-state index in [1.807, 2.05) is 35.2 Å². The molecule has 0 unspecified atom stereocenters. The fourth-order valence-corrected chi connectivity index (χ4v) is 6.48. The summed E-state index contributed by atoms with van der Waals surface area (Å²) >= 11 is 0. The van der Waals surface area contributed by atoms with E-state index in [1.54, 1.807) is 50.3 Å². The number of anilines is 3. The van der Waals surface area contributed by atoms with E-state index < -0.39 is 0 Å². The Labute approximate surface area is 273 Å². The van der Waals surface area contributed by atoms with Crippen molar-refractivity contribution >= 4 is 46.3 Å². The highest BCUT2D eigenvalue weighted by Crippen LogP contribution is 2.32. The average Bonchev–Trinajstić information content (AvgIpc) is 3.62. The number of Topliss-reactive ketones (excluding diaryl/α,β-unsaturated/α-hetero) is 1. The maximum absolute atomic E-state index is 13.5. The van der Waals surface area contributed by atoms with E-state index in [0.29, 0.717) is 66.0 Å². The molecule has 0 bridgehead atoms. The number of nitrogens with one attached hydrogen (secondary N) is 1. The van der Waals surface area contributed by atoms with E-state index in [9.17, 15) is 14.4 Å². The van der Waals surface area contributed by atoms with Gasteiger partial charge in [0.25, 0.3) is 5.56 Å². The third-order valence-corrected chi connectivity index (χ3v) is 9.02. The van der Waals surface area contributed by atoms with Crippen LogP contribution in [0.4, 0.5) is 17.5 Å². The fraction of sp³-hybridized carbons (Fsp3) is 0.371. The molecule has 1 amide bonds. The van der Waals surface area contributed by atoms with Crippen LogP contribution < -0.4 is 25.2 Å². The van der Waals surface area contributed by atoms with Gasteiger partial charge >= 0.3 is 0 Å². The van der Waals surface area contributed by atoms with Crippen LogP contribution in [0.1, 0.15) is 60.1 Å². The van der Waals surface area contributed by atoms with Crippen molar-refractivity contribution in [1.29, 1.82) is 0 Å². The summed E-state index contributed by atoms with van der Waals surface area (Å²) in [4.78, 5) is 56.6. The highest BCUT2D eigenvalue weighted by molar-refractivity contribution is 5.99. The number of aryl methyl sites for hydroxylation is 1. The molecule has 12 heteroatoms. The lowest BCUT2D eigenvalue weighted by molar-refractivity contribution is -0.126. The summed E-state index contributed by atoms with van der Waals surface area (Å²) in [5, 5.41) is 3.87. The standard InChI is InChI=1S/C35H39N7O5/c1-22-27-21-37-35(39-33(27)42(25-7-5-6-8-25)34(45)32(22)23(2)43)38-30-13-11-26(20-36-30)40-15-17-41(18-16-40)31(44)14-10-24-9-12-28(46-3)29(19-24)47-4/h9-14,19-21,25H,5-8,15-18H2,1-4H3,(H,36,37,38,39)/b14-10+. The van der Waals surface area contributed by atoms with Crippen LogP contribution in [0.3, 0.4) is 0 Å². The predicted molar refractivity (Wildman–Crippen MR) is 181 cm³/mol. The minimum absolute atomic E-state index is 0.00762. The number of ether oxygens (including phenoxy) is 2. The van der Waals surface area contributed by atoms with Gasteiger partial charge in [0, 0.05) is 49.9 Å². The summed E-state index contributed by atoms with van der Waals surface area (Å²) in [6.07, 6.45) is 10.7. The predicted octanol–water partition coefficient (Wildman–Crippen LogP) is 4.94. The number of hydrogen-bond acceptors (Lipinski definition) is 10. The van der Waals surface area contributed by atoms with Crippen LogP contribution in [0.5, 0.6) is 11.5 Å². The van der Waals surface area contributed by atoms with Crippen molar-refractivity contribution in [3.63, 3.8) is 0 Å². The van der Waals surface area contributed by atoms with Crippen molar-refractivity contribution in [2.24, 2.45) is 0 Å². The number of aromatic nitrogens is 4. The van der Waals surface area contributed by atoms with Crippen LogP contribution in [-0.4, -0.2) is 76.5 Å². The molecule has 4 aromatic rings. The molecule has 0 spiro atoms. The Balaban J connectivity index is 1.11. The van der Waals surface area contributed by atoms with Crippen molar-refractivity contribution in [3.05, 3.63) is 75.8 Å². The summed E-state index contributed by atoms with van der Waals surface area (Å²) in [7, 11) is 3.17. The minimum atomic E-state index is -0.280. The summed E-state index contributed by atoms with van der Waals surface area (Å²) in [5.41, 5.74) is 2.87. The molecule has 1 N–H and O–H groups in total. The number of pyridine rings is 2. The maximum Gasteiger partial charge on any atom is 0.263 e. The molecule has 2 fully saturated rings. The van der Waals surface area contributed by atoms with Gasteiger partial charge in [0.2, 0.25) is 11.9 Å². The summed E-state index contributed by atoms with van der Waals surface area (Å²) in [5.74, 6) is 1.85. The normalized spacial score (nSPS) is 15.4. The quantitative estimate of drug-likeness (QED) is 0.199. The number of carbonyl (C=O) groups excluding carboxylic acids is 2. The Morgan fingerprint density at radius 3 is 2.36 bits per heavy atom. The molecule has 6 rings (SSSR count). The van der Waals surface area contributed by atoms with Crippen LogP contribution in [0.25, 0.3) is 17.1 Å². The summed E-state index contributed by atoms with van der Waals surface area (Å²) in [6, 6.07) is 9.37. The maximum atomic E-state index is 13.5. The van der Waals surface area contributed by atoms with Crippen LogP contribution in [0.2, 0.25) is 0 Å². The molecule has 1 saturated carbocycles. The third kappa shape index (κ3) is 6.53. The lowest BCUT2D eigenvalue weighted by atomic mass is 10.0. The number of ketones is 1. The van der Waals surface area contributed by atoms with E-state index in [4.69, 9.17) is 14.5 Å². The van der Waals surface area contributed by atoms with Crippen LogP contribution in [-0.2, 0) is 4.79 Å². The fourth-order valence-electron chi connectivity index (χ4n) is 6.48. The van der Waals surface area contributed by atoms with Crippen molar-refractivity contribution in [2.45, 2.75) is 45.6 Å². The van der Waals surface area contributed by atoms with Crippen LogP contribution in [0, 0.1) is 6.92 Å². The Bertz CT molecular complexity index is 1890. The van der Waals surface area contributed by atoms with Crippen LogP contribution in [0.15, 0.2) is 53.6 Å². The van der Waals surface area contributed by atoms with Gasteiger partial charge in [-0.15, -0.1) is 0 Å². The zero-order valence-corrected chi connectivity index (χ0v) is 27.2. The highest BCUT2D eigenvalue weighted by atomic mass is 16.5.